The van der Waals surface area contributed by atoms with Crippen LogP contribution in [0, 0.1) is 0 Å². The average molecular weight is 704 g/mol. The fraction of sp³-hybridized carbons (Fsp3) is 0.154. The Kier molecular flexibility index (Phi) is 5.86. The fourth-order valence-electron chi connectivity index (χ4n) is 5.37. The SMILES string of the molecule is FC(F)(F)C(F)(F)c1nc2c(Cl)cc3c4cc(Cl)c5nc(C(F)(F)C(F)(F)F)nc6c(Cl)cc(c7cc(Cl)c(n1)c2c37)c4c56. The molecule has 0 bridgehead atoms. The molecule has 2 aromatic heterocycles. The van der Waals surface area contributed by atoms with Gasteiger partial charge in [0.15, 0.2) is 0 Å². The molecule has 0 aliphatic carbocycles. The van der Waals surface area contributed by atoms with E-state index in [-0.39, 0.29) is 63.2 Å². The number of fused-ring (bicyclic) bond motifs is 2. The van der Waals surface area contributed by atoms with Crippen LogP contribution >= 0.6 is 46.4 Å². The van der Waals surface area contributed by atoms with Gasteiger partial charge in [-0.25, -0.2) is 19.9 Å². The molecule has 2 heterocycles. The predicted octanol–water partition coefficient (Wildman–Crippen LogP) is 11.0. The molecule has 0 atom stereocenters. The Labute approximate surface area is 255 Å². The highest BCUT2D eigenvalue weighted by molar-refractivity contribution is 6.50. The zero-order valence-electron chi connectivity index (χ0n) is 20.4. The van der Waals surface area contributed by atoms with E-state index in [1.165, 1.54) is 24.3 Å². The molecule has 0 spiro atoms. The molecule has 0 aliphatic rings. The third-order valence-electron chi connectivity index (χ3n) is 7.24. The number of aromatic nitrogens is 4. The van der Waals surface area contributed by atoms with Crippen LogP contribution in [0.4, 0.5) is 43.9 Å². The van der Waals surface area contributed by atoms with Crippen molar-refractivity contribution in [2.75, 3.05) is 0 Å². The first-order valence-electron chi connectivity index (χ1n) is 11.7. The maximum atomic E-state index is 14.3. The summed E-state index contributed by atoms with van der Waals surface area (Å²) in [6.07, 6.45) is -12.1. The average Bonchev–Trinajstić information content (AvgIpc) is 2.92. The van der Waals surface area contributed by atoms with E-state index in [2.05, 4.69) is 19.9 Å². The van der Waals surface area contributed by atoms with Gasteiger partial charge in [0.05, 0.1) is 42.2 Å². The second-order valence-corrected chi connectivity index (χ2v) is 11.4. The van der Waals surface area contributed by atoms with Gasteiger partial charge < -0.3 is 0 Å². The molecule has 5 aromatic carbocycles. The van der Waals surface area contributed by atoms with E-state index in [0.29, 0.717) is 0 Å². The molecule has 0 radical (unpaired) electrons. The van der Waals surface area contributed by atoms with Crippen LogP contribution in [0.15, 0.2) is 24.3 Å². The predicted molar refractivity (Wildman–Crippen MR) is 145 cm³/mol. The van der Waals surface area contributed by atoms with Crippen molar-refractivity contribution >= 4 is 112 Å². The zero-order valence-corrected chi connectivity index (χ0v) is 23.4. The molecule has 226 valence electrons. The van der Waals surface area contributed by atoms with E-state index in [0.717, 1.165) is 0 Å². The Bertz CT molecular complexity index is 2080. The lowest BCUT2D eigenvalue weighted by atomic mass is 9.88. The number of halogens is 14. The van der Waals surface area contributed by atoms with Crippen LogP contribution in [0.2, 0.25) is 20.1 Å². The molecule has 0 unspecified atom stereocenters. The van der Waals surface area contributed by atoms with Gasteiger partial charge in [0.25, 0.3) is 0 Å². The van der Waals surface area contributed by atoms with Crippen molar-refractivity contribution in [2.24, 2.45) is 0 Å². The minimum absolute atomic E-state index is 0.0853. The lowest BCUT2D eigenvalue weighted by Crippen LogP contribution is -2.35. The van der Waals surface area contributed by atoms with Crippen LogP contribution in [-0.2, 0) is 11.8 Å². The molecule has 0 fully saturated rings. The zero-order chi connectivity index (χ0) is 32.0. The molecule has 0 saturated heterocycles. The lowest BCUT2D eigenvalue weighted by molar-refractivity contribution is -0.292. The summed E-state index contributed by atoms with van der Waals surface area (Å²) in [5.74, 6) is -14.7. The van der Waals surface area contributed by atoms with Gasteiger partial charge in [0.2, 0.25) is 11.6 Å². The summed E-state index contributed by atoms with van der Waals surface area (Å²) in [4.78, 5) is 13.9. The summed E-state index contributed by atoms with van der Waals surface area (Å²) in [7, 11) is 0. The number of hydrogen-bond acceptors (Lipinski definition) is 4. The summed E-state index contributed by atoms with van der Waals surface area (Å²) >= 11 is 25.6. The van der Waals surface area contributed by atoms with Gasteiger partial charge in [-0.1, -0.05) is 46.4 Å². The van der Waals surface area contributed by atoms with Crippen LogP contribution in [0.3, 0.4) is 0 Å². The standard InChI is InChI=1S/C26H4Cl4F10N4/c27-9-1-5-6-2-10(28)19-16-14(6)8(4-12(30)20(16)44-22(43-19)24(33,34)26(38,39)40)7-3-11(29)18-15(13(5)7)17(9)41-21(42-18)23(31,32)25(35,36)37/h1-4H. The molecular weight excluding hydrogens is 700 g/mol. The quantitative estimate of drug-likeness (QED) is 0.102. The Balaban J connectivity index is 1.69. The van der Waals surface area contributed by atoms with Crippen LogP contribution < -0.4 is 0 Å². The summed E-state index contributed by atoms with van der Waals surface area (Å²) in [6, 6.07) is 4.82. The maximum Gasteiger partial charge on any atom is 0.461 e. The van der Waals surface area contributed by atoms with Crippen LogP contribution in [0.5, 0.6) is 0 Å². The second kappa shape index (κ2) is 8.74. The molecule has 0 amide bonds. The van der Waals surface area contributed by atoms with E-state index in [1.54, 1.807) is 0 Å². The lowest BCUT2D eigenvalue weighted by Gasteiger charge is -2.23. The molecule has 4 nitrogen and oxygen atoms in total. The molecule has 18 heteroatoms. The highest BCUT2D eigenvalue weighted by Gasteiger charge is 2.62. The van der Waals surface area contributed by atoms with Gasteiger partial charge in [0, 0.05) is 21.5 Å². The number of alkyl halides is 10. The van der Waals surface area contributed by atoms with Crippen molar-refractivity contribution in [3.05, 3.63) is 56.0 Å². The minimum atomic E-state index is -6.05. The third-order valence-corrected chi connectivity index (χ3v) is 8.39. The first-order chi connectivity index (χ1) is 20.3. The number of nitrogens with zero attached hydrogens (tertiary/aromatic N) is 4. The normalized spacial score (nSPS) is 14.1. The van der Waals surface area contributed by atoms with Gasteiger partial charge in [0.1, 0.15) is 0 Å². The van der Waals surface area contributed by atoms with E-state index in [1.807, 2.05) is 0 Å². The first-order valence-corrected chi connectivity index (χ1v) is 13.3. The van der Waals surface area contributed by atoms with Crippen LogP contribution in [-0.4, -0.2) is 32.3 Å². The second-order valence-electron chi connectivity index (χ2n) is 9.76. The Morgan fingerprint density at radius 3 is 0.818 bits per heavy atom. The van der Waals surface area contributed by atoms with Crippen molar-refractivity contribution < 1.29 is 43.9 Å². The topological polar surface area (TPSA) is 51.6 Å². The monoisotopic (exact) mass is 702 g/mol. The van der Waals surface area contributed by atoms with E-state index >= 15 is 0 Å². The van der Waals surface area contributed by atoms with Gasteiger partial charge >= 0.3 is 24.2 Å². The highest BCUT2D eigenvalue weighted by atomic mass is 35.5. The largest absolute Gasteiger partial charge is 0.461 e. The van der Waals surface area contributed by atoms with E-state index in [4.69, 9.17) is 46.4 Å². The minimum Gasteiger partial charge on any atom is -0.225 e. The maximum absolute atomic E-state index is 14.3. The van der Waals surface area contributed by atoms with E-state index in [9.17, 15) is 43.9 Å². The molecule has 0 N–H and O–H groups in total. The van der Waals surface area contributed by atoms with Gasteiger partial charge in [-0.15, -0.1) is 0 Å². The van der Waals surface area contributed by atoms with Crippen LogP contribution in [0.25, 0.3) is 65.2 Å². The van der Waals surface area contributed by atoms with E-state index < -0.39 is 57.9 Å². The molecule has 0 aliphatic heterocycles. The van der Waals surface area contributed by atoms with Gasteiger partial charge in [-0.3, -0.25) is 0 Å². The van der Waals surface area contributed by atoms with Crippen molar-refractivity contribution in [3.63, 3.8) is 0 Å². The van der Waals surface area contributed by atoms with Gasteiger partial charge in [-0.05, 0) is 45.8 Å². The molecule has 44 heavy (non-hydrogen) atoms. The molecule has 7 aromatic rings. The smallest absolute Gasteiger partial charge is 0.225 e. The Morgan fingerprint density at radius 1 is 0.386 bits per heavy atom. The molecule has 7 rings (SSSR count). The van der Waals surface area contributed by atoms with Crippen molar-refractivity contribution in [1.82, 2.24) is 19.9 Å². The summed E-state index contributed by atoms with van der Waals surface area (Å²) in [5.41, 5.74) is -1.93. The van der Waals surface area contributed by atoms with Crippen molar-refractivity contribution in [2.45, 2.75) is 24.2 Å². The number of hydrogen-bond donors (Lipinski definition) is 0. The molecule has 0 saturated carbocycles. The van der Waals surface area contributed by atoms with Crippen molar-refractivity contribution in [3.8, 4) is 0 Å². The fourth-order valence-corrected chi connectivity index (χ4v) is 6.35. The Morgan fingerprint density at radius 2 is 0.614 bits per heavy atom. The van der Waals surface area contributed by atoms with Crippen LogP contribution in [0.1, 0.15) is 11.6 Å². The number of rotatable bonds is 2. The summed E-state index contributed by atoms with van der Waals surface area (Å²) in [6.45, 7) is 0. The van der Waals surface area contributed by atoms with Gasteiger partial charge in [-0.2, -0.15) is 43.9 Å². The molecular formula is C26H4Cl4F10N4. The van der Waals surface area contributed by atoms with Crippen molar-refractivity contribution in [1.29, 1.82) is 0 Å². The summed E-state index contributed by atoms with van der Waals surface area (Å²) < 4.78 is 136. The Hall–Kier alpha value is -3.20. The third kappa shape index (κ3) is 3.68. The first kappa shape index (κ1) is 29.5. The summed E-state index contributed by atoms with van der Waals surface area (Å²) in [5, 5.41) is -0.504. The highest BCUT2D eigenvalue weighted by Crippen LogP contribution is 2.52. The number of benzene rings is 5.